The van der Waals surface area contributed by atoms with Gasteiger partial charge in [0.15, 0.2) is 0 Å². The summed E-state index contributed by atoms with van der Waals surface area (Å²) in [5.41, 5.74) is 7.18. The number of nitrogens with two attached hydrogens (primary N) is 1. The van der Waals surface area contributed by atoms with Gasteiger partial charge in [-0.1, -0.05) is 24.6 Å². The SMILES string of the molecule is COc1ccccc1CC(=O)N1CC2CCCC(N)C2C1.Cl. The lowest BCUT2D eigenvalue weighted by atomic mass is 9.78. The van der Waals surface area contributed by atoms with Crippen LogP contribution in [0, 0.1) is 11.8 Å². The number of hydrogen-bond donors (Lipinski definition) is 1. The van der Waals surface area contributed by atoms with Gasteiger partial charge in [0.2, 0.25) is 5.91 Å². The predicted molar refractivity (Wildman–Crippen MR) is 89.3 cm³/mol. The Hall–Kier alpha value is -1.26. The van der Waals surface area contributed by atoms with E-state index >= 15 is 0 Å². The van der Waals surface area contributed by atoms with Crippen molar-refractivity contribution in [2.75, 3.05) is 20.2 Å². The molecular weight excluding hydrogens is 300 g/mol. The summed E-state index contributed by atoms with van der Waals surface area (Å²) in [4.78, 5) is 14.6. The average molecular weight is 325 g/mol. The second-order valence-electron chi connectivity index (χ2n) is 6.31. The molecule has 3 atom stereocenters. The Balaban J connectivity index is 0.00000176. The zero-order valence-corrected chi connectivity index (χ0v) is 13.8. The Labute approximate surface area is 138 Å². The van der Waals surface area contributed by atoms with Crippen molar-refractivity contribution in [1.82, 2.24) is 4.90 Å². The van der Waals surface area contributed by atoms with Gasteiger partial charge in [0.05, 0.1) is 13.5 Å². The molecule has 1 aromatic carbocycles. The van der Waals surface area contributed by atoms with Gasteiger partial charge in [0, 0.05) is 24.7 Å². The highest BCUT2D eigenvalue weighted by Crippen LogP contribution is 2.35. The number of ether oxygens (including phenoxy) is 1. The van der Waals surface area contributed by atoms with Gasteiger partial charge in [-0.3, -0.25) is 4.79 Å². The molecular formula is C17H25ClN2O2. The molecule has 4 nitrogen and oxygen atoms in total. The molecule has 2 fully saturated rings. The highest BCUT2D eigenvalue weighted by Gasteiger charge is 2.40. The van der Waals surface area contributed by atoms with Crippen molar-refractivity contribution in [2.24, 2.45) is 17.6 Å². The number of benzene rings is 1. The molecule has 3 rings (SSSR count). The molecule has 22 heavy (non-hydrogen) atoms. The molecule has 122 valence electrons. The van der Waals surface area contributed by atoms with Crippen LogP contribution in [-0.4, -0.2) is 37.0 Å². The first-order valence-electron chi connectivity index (χ1n) is 7.84. The summed E-state index contributed by atoms with van der Waals surface area (Å²) >= 11 is 0. The number of likely N-dealkylation sites (tertiary alicyclic amines) is 1. The van der Waals surface area contributed by atoms with Crippen LogP contribution in [0.1, 0.15) is 24.8 Å². The smallest absolute Gasteiger partial charge is 0.227 e. The van der Waals surface area contributed by atoms with Gasteiger partial charge in [-0.25, -0.2) is 0 Å². The van der Waals surface area contributed by atoms with Crippen molar-refractivity contribution in [3.05, 3.63) is 29.8 Å². The van der Waals surface area contributed by atoms with Crippen molar-refractivity contribution in [3.63, 3.8) is 0 Å². The molecule has 1 saturated heterocycles. The molecule has 1 aliphatic carbocycles. The Bertz CT molecular complexity index is 523. The van der Waals surface area contributed by atoms with E-state index in [1.54, 1.807) is 7.11 Å². The topological polar surface area (TPSA) is 55.6 Å². The summed E-state index contributed by atoms with van der Waals surface area (Å²) in [6.45, 7) is 1.71. The Kier molecular flexibility index (Phi) is 5.70. The minimum atomic E-state index is 0. The fourth-order valence-electron chi connectivity index (χ4n) is 3.84. The van der Waals surface area contributed by atoms with E-state index in [1.807, 2.05) is 29.2 Å². The molecule has 1 amide bonds. The zero-order valence-electron chi connectivity index (χ0n) is 13.0. The molecule has 0 bridgehead atoms. The lowest BCUT2D eigenvalue weighted by Crippen LogP contribution is -2.38. The van der Waals surface area contributed by atoms with Gasteiger partial charge < -0.3 is 15.4 Å². The number of hydrogen-bond acceptors (Lipinski definition) is 3. The van der Waals surface area contributed by atoms with Crippen LogP contribution in [0.5, 0.6) is 5.75 Å². The molecule has 0 radical (unpaired) electrons. The number of halogens is 1. The van der Waals surface area contributed by atoms with E-state index in [0.29, 0.717) is 18.3 Å². The highest BCUT2D eigenvalue weighted by atomic mass is 35.5. The van der Waals surface area contributed by atoms with Crippen molar-refractivity contribution in [1.29, 1.82) is 0 Å². The number of carbonyl (C=O) groups excluding carboxylic acids is 1. The van der Waals surface area contributed by atoms with Crippen molar-refractivity contribution >= 4 is 18.3 Å². The van der Waals surface area contributed by atoms with Crippen LogP contribution < -0.4 is 10.5 Å². The lowest BCUT2D eigenvalue weighted by molar-refractivity contribution is -0.129. The van der Waals surface area contributed by atoms with Gasteiger partial charge in [0.1, 0.15) is 5.75 Å². The van der Waals surface area contributed by atoms with Gasteiger partial charge in [-0.2, -0.15) is 0 Å². The number of rotatable bonds is 3. The van der Waals surface area contributed by atoms with E-state index in [4.69, 9.17) is 10.5 Å². The fraction of sp³-hybridized carbons (Fsp3) is 0.588. The third-order valence-corrected chi connectivity index (χ3v) is 5.04. The summed E-state index contributed by atoms with van der Waals surface area (Å²) in [5.74, 6) is 2.09. The van der Waals surface area contributed by atoms with Crippen LogP contribution in [0.15, 0.2) is 24.3 Å². The van der Waals surface area contributed by atoms with Crippen LogP contribution in [0.3, 0.4) is 0 Å². The van der Waals surface area contributed by atoms with Crippen LogP contribution in [0.25, 0.3) is 0 Å². The van der Waals surface area contributed by atoms with E-state index in [-0.39, 0.29) is 24.4 Å². The molecule has 2 N–H and O–H groups in total. The van der Waals surface area contributed by atoms with E-state index < -0.39 is 0 Å². The maximum absolute atomic E-state index is 12.6. The quantitative estimate of drug-likeness (QED) is 0.927. The maximum Gasteiger partial charge on any atom is 0.227 e. The molecule has 5 heteroatoms. The molecule has 1 aromatic rings. The van der Waals surface area contributed by atoms with Gasteiger partial charge in [-0.05, 0) is 30.7 Å². The van der Waals surface area contributed by atoms with E-state index in [9.17, 15) is 4.79 Å². The minimum Gasteiger partial charge on any atom is -0.496 e. The molecule has 2 aliphatic rings. The molecule has 0 spiro atoms. The standard InChI is InChI=1S/C17H24N2O2.ClH/c1-21-16-8-3-2-5-12(16)9-17(20)19-10-13-6-4-7-15(18)14(13)11-19;/h2-3,5,8,13-15H,4,6-7,9-11,18H2,1H3;1H. The third-order valence-electron chi connectivity index (χ3n) is 5.04. The van der Waals surface area contributed by atoms with E-state index in [1.165, 1.54) is 12.8 Å². The number of para-hydroxylation sites is 1. The summed E-state index contributed by atoms with van der Waals surface area (Å²) in [7, 11) is 1.65. The Morgan fingerprint density at radius 1 is 1.32 bits per heavy atom. The van der Waals surface area contributed by atoms with Crippen molar-refractivity contribution in [3.8, 4) is 5.75 Å². The van der Waals surface area contributed by atoms with Crippen molar-refractivity contribution in [2.45, 2.75) is 31.7 Å². The highest BCUT2D eigenvalue weighted by molar-refractivity contribution is 5.85. The van der Waals surface area contributed by atoms with Crippen LogP contribution in [0.2, 0.25) is 0 Å². The molecule has 1 aliphatic heterocycles. The Morgan fingerprint density at radius 2 is 2.09 bits per heavy atom. The number of carbonyl (C=O) groups is 1. The summed E-state index contributed by atoms with van der Waals surface area (Å²) in [6, 6.07) is 8.02. The van der Waals surface area contributed by atoms with Gasteiger partial charge in [0.25, 0.3) is 0 Å². The maximum atomic E-state index is 12.6. The fourth-order valence-corrected chi connectivity index (χ4v) is 3.84. The average Bonchev–Trinajstić information content (AvgIpc) is 2.93. The predicted octanol–water partition coefficient (Wildman–Crippen LogP) is 2.25. The minimum absolute atomic E-state index is 0. The lowest BCUT2D eigenvalue weighted by Gasteiger charge is -2.29. The molecule has 1 saturated carbocycles. The zero-order chi connectivity index (χ0) is 14.8. The molecule has 3 unspecified atom stereocenters. The number of methoxy groups -OCH3 is 1. The summed E-state index contributed by atoms with van der Waals surface area (Å²) in [6.07, 6.45) is 3.95. The number of amides is 1. The van der Waals surface area contributed by atoms with E-state index in [2.05, 4.69) is 0 Å². The van der Waals surface area contributed by atoms with Gasteiger partial charge >= 0.3 is 0 Å². The first-order chi connectivity index (χ1) is 10.2. The number of nitrogens with zero attached hydrogens (tertiary/aromatic N) is 1. The van der Waals surface area contributed by atoms with Crippen LogP contribution in [-0.2, 0) is 11.2 Å². The largest absolute Gasteiger partial charge is 0.496 e. The van der Waals surface area contributed by atoms with Crippen molar-refractivity contribution < 1.29 is 9.53 Å². The summed E-state index contributed by atoms with van der Waals surface area (Å²) < 4.78 is 5.33. The first-order valence-corrected chi connectivity index (χ1v) is 7.84. The first kappa shape index (κ1) is 17.1. The molecule has 1 heterocycles. The number of fused-ring (bicyclic) bond motifs is 1. The third kappa shape index (κ3) is 3.39. The summed E-state index contributed by atoms with van der Waals surface area (Å²) in [5, 5.41) is 0. The second kappa shape index (κ2) is 7.34. The monoisotopic (exact) mass is 324 g/mol. The second-order valence-corrected chi connectivity index (χ2v) is 6.31. The van der Waals surface area contributed by atoms with Crippen LogP contribution >= 0.6 is 12.4 Å². The van der Waals surface area contributed by atoms with Crippen LogP contribution in [0.4, 0.5) is 0 Å². The Morgan fingerprint density at radius 3 is 2.82 bits per heavy atom. The molecule has 0 aromatic heterocycles. The van der Waals surface area contributed by atoms with Gasteiger partial charge in [-0.15, -0.1) is 12.4 Å². The normalized spacial score (nSPS) is 27.0. The van der Waals surface area contributed by atoms with E-state index in [0.717, 1.165) is 30.8 Å².